The van der Waals surface area contributed by atoms with Crippen molar-refractivity contribution in [3.63, 3.8) is 0 Å². The van der Waals surface area contributed by atoms with E-state index in [-0.39, 0.29) is 39.4 Å². The van der Waals surface area contributed by atoms with Crippen LogP contribution in [-0.2, 0) is 4.74 Å². The number of carbonyl (C=O) groups is 2. The van der Waals surface area contributed by atoms with E-state index < -0.39 is 12.1 Å². The van der Waals surface area contributed by atoms with Crippen molar-refractivity contribution >= 4 is 64.2 Å². The van der Waals surface area contributed by atoms with Crippen molar-refractivity contribution in [3.8, 4) is 11.8 Å². The second-order valence-corrected chi connectivity index (χ2v) is 6.07. The van der Waals surface area contributed by atoms with E-state index in [1.807, 2.05) is 6.92 Å². The van der Waals surface area contributed by atoms with Crippen molar-refractivity contribution in [3.05, 3.63) is 35.9 Å². The Morgan fingerprint density at radius 2 is 1.95 bits per heavy atom. The number of hydrogen-bond acceptors (Lipinski definition) is 3. The summed E-state index contributed by atoms with van der Waals surface area (Å²) in [5.41, 5.74) is 0.342. The molecule has 0 aliphatic rings. The van der Waals surface area contributed by atoms with Crippen LogP contribution in [0.5, 0.6) is 0 Å². The molecule has 4 nitrogen and oxygen atoms in total. The van der Waals surface area contributed by atoms with E-state index in [4.69, 9.17) is 4.74 Å². The zero-order valence-corrected chi connectivity index (χ0v) is 13.5. The summed E-state index contributed by atoms with van der Waals surface area (Å²) >= 11 is 2.25. The number of ether oxygens (including phenoxy) is 1. The Hall–Kier alpha value is -0.550. The summed E-state index contributed by atoms with van der Waals surface area (Å²) < 4.78 is 4.99. The average molecular weight is 409 g/mol. The van der Waals surface area contributed by atoms with Crippen molar-refractivity contribution in [2.45, 2.75) is 17.8 Å². The van der Waals surface area contributed by atoms with Gasteiger partial charge >= 0.3 is 41.6 Å². The number of halogens is 1. The number of alkyl carbamates (subject to hydrolysis) is 1. The third kappa shape index (κ3) is 7.86. The standard InChI is InChI=1S/C15H16INO3.Na.H/c1-3-7-13(11(2)16)10-17-15(19)20-14(18)12-8-5-4-6-9-12;;/h4-6,8-9,11,13H,10H2,1-2H3,(H,17,19);;. The molecule has 0 saturated carbocycles. The van der Waals surface area contributed by atoms with Crippen LogP contribution in [0.1, 0.15) is 24.2 Å². The van der Waals surface area contributed by atoms with Crippen molar-refractivity contribution in [2.75, 3.05) is 6.54 Å². The van der Waals surface area contributed by atoms with Gasteiger partial charge in [0.05, 0.1) is 5.56 Å². The first kappa shape index (κ1) is 20.5. The predicted molar refractivity (Wildman–Crippen MR) is 92.8 cm³/mol. The maximum atomic E-state index is 11.6. The first-order chi connectivity index (χ1) is 9.54. The molecule has 108 valence electrons. The second kappa shape index (κ2) is 11.1. The molecule has 0 aliphatic carbocycles. The SMILES string of the molecule is CC#CC(CNC(=O)OC(=O)c1ccccc1)C(C)I.[NaH]. The van der Waals surface area contributed by atoms with Crippen molar-refractivity contribution in [1.82, 2.24) is 5.32 Å². The van der Waals surface area contributed by atoms with Crippen molar-refractivity contribution in [1.29, 1.82) is 0 Å². The number of benzene rings is 1. The molecule has 0 bridgehead atoms. The molecule has 21 heavy (non-hydrogen) atoms. The first-order valence-electron chi connectivity index (χ1n) is 6.16. The minimum absolute atomic E-state index is 0. The Morgan fingerprint density at radius 3 is 2.48 bits per heavy atom. The molecule has 1 amide bonds. The molecule has 0 aromatic heterocycles. The summed E-state index contributed by atoms with van der Waals surface area (Å²) in [6.07, 6.45) is -0.751. The zero-order chi connectivity index (χ0) is 15.0. The Morgan fingerprint density at radius 1 is 1.33 bits per heavy atom. The molecule has 2 atom stereocenters. The summed E-state index contributed by atoms with van der Waals surface area (Å²) in [6, 6.07) is 8.38. The summed E-state index contributed by atoms with van der Waals surface area (Å²) in [4.78, 5) is 23.2. The second-order valence-electron chi connectivity index (χ2n) is 4.10. The van der Waals surface area contributed by atoms with Gasteiger partial charge in [-0.15, -0.1) is 5.92 Å². The predicted octanol–water partition coefficient (Wildman–Crippen LogP) is 2.37. The van der Waals surface area contributed by atoms with E-state index in [0.29, 0.717) is 12.1 Å². The molecule has 0 spiro atoms. The molecule has 6 heteroatoms. The third-order valence-electron chi connectivity index (χ3n) is 2.55. The molecule has 2 unspecified atom stereocenters. The molecular weight excluding hydrogens is 392 g/mol. The fraction of sp³-hybridized carbons (Fsp3) is 0.333. The first-order valence-corrected chi connectivity index (χ1v) is 7.40. The van der Waals surface area contributed by atoms with E-state index >= 15 is 0 Å². The van der Waals surface area contributed by atoms with Gasteiger partial charge in [-0.2, -0.15) is 0 Å². The van der Waals surface area contributed by atoms with E-state index in [2.05, 4.69) is 39.7 Å². The number of alkyl halides is 1. The monoisotopic (exact) mass is 409 g/mol. The number of carbonyl (C=O) groups excluding carboxylic acids is 2. The minimum atomic E-state index is -0.751. The normalized spacial score (nSPS) is 12.0. The topological polar surface area (TPSA) is 55.4 Å². The van der Waals surface area contributed by atoms with E-state index in [1.165, 1.54) is 0 Å². The van der Waals surface area contributed by atoms with Gasteiger partial charge in [0.1, 0.15) is 0 Å². The van der Waals surface area contributed by atoms with Crippen LogP contribution in [0.15, 0.2) is 30.3 Å². The number of nitrogens with one attached hydrogen (secondary N) is 1. The Balaban J connectivity index is 0.00000400. The van der Waals surface area contributed by atoms with E-state index in [9.17, 15) is 9.59 Å². The van der Waals surface area contributed by atoms with Gasteiger partial charge in [-0.3, -0.25) is 0 Å². The molecule has 1 aromatic rings. The summed E-state index contributed by atoms with van der Waals surface area (Å²) in [6.45, 7) is 4.12. The fourth-order valence-electron chi connectivity index (χ4n) is 1.46. The molecule has 1 aromatic carbocycles. The quantitative estimate of drug-likeness (QED) is 0.208. The van der Waals surface area contributed by atoms with Gasteiger partial charge < -0.3 is 10.1 Å². The molecule has 1 rings (SSSR count). The van der Waals surface area contributed by atoms with Gasteiger partial charge in [-0.05, 0) is 19.1 Å². The molecule has 0 fully saturated rings. The molecule has 0 aliphatic heterocycles. The van der Waals surface area contributed by atoms with Gasteiger partial charge in [0.25, 0.3) is 0 Å². The maximum absolute atomic E-state index is 11.6. The van der Waals surface area contributed by atoms with Gasteiger partial charge in [-0.1, -0.05) is 53.6 Å². The van der Waals surface area contributed by atoms with Crippen molar-refractivity contribution in [2.24, 2.45) is 5.92 Å². The van der Waals surface area contributed by atoms with Gasteiger partial charge in [0, 0.05) is 16.4 Å². The number of hydrogen-bond donors (Lipinski definition) is 1. The average Bonchev–Trinajstić information content (AvgIpc) is 2.44. The van der Waals surface area contributed by atoms with Crippen LogP contribution in [0.4, 0.5) is 4.79 Å². The van der Waals surface area contributed by atoms with Crippen LogP contribution < -0.4 is 5.32 Å². The molecule has 0 heterocycles. The third-order valence-corrected chi connectivity index (χ3v) is 3.41. The zero-order valence-electron chi connectivity index (χ0n) is 11.4. The summed E-state index contributed by atoms with van der Waals surface area (Å²) in [5, 5.41) is 2.56. The van der Waals surface area contributed by atoms with Crippen LogP contribution in [-0.4, -0.2) is 52.1 Å². The number of rotatable bonds is 4. The van der Waals surface area contributed by atoms with Crippen LogP contribution in [0.25, 0.3) is 0 Å². The van der Waals surface area contributed by atoms with Gasteiger partial charge in [-0.25, -0.2) is 9.59 Å². The van der Waals surface area contributed by atoms with Crippen LogP contribution in [0.3, 0.4) is 0 Å². The van der Waals surface area contributed by atoms with Gasteiger partial charge in [0.2, 0.25) is 0 Å². The molecular formula is C15H17INNaO3. The van der Waals surface area contributed by atoms with Gasteiger partial charge in [0.15, 0.2) is 0 Å². The Kier molecular flexibility index (Phi) is 10.8. The van der Waals surface area contributed by atoms with Crippen LogP contribution in [0.2, 0.25) is 0 Å². The molecule has 1 N–H and O–H groups in total. The van der Waals surface area contributed by atoms with E-state index in [1.54, 1.807) is 37.3 Å². The van der Waals surface area contributed by atoms with E-state index in [0.717, 1.165) is 0 Å². The number of esters is 1. The summed E-state index contributed by atoms with van der Waals surface area (Å²) in [5.74, 6) is 5.20. The van der Waals surface area contributed by atoms with Crippen LogP contribution in [0, 0.1) is 17.8 Å². The van der Waals surface area contributed by atoms with Crippen LogP contribution >= 0.6 is 22.6 Å². The van der Waals surface area contributed by atoms with Crippen molar-refractivity contribution < 1.29 is 14.3 Å². The fourth-order valence-corrected chi connectivity index (χ4v) is 1.89. The Bertz CT molecular complexity index is 523. The molecule has 0 saturated heterocycles. The number of amides is 1. The molecule has 0 radical (unpaired) electrons. The Labute approximate surface area is 160 Å². The summed E-state index contributed by atoms with van der Waals surface area (Å²) in [7, 11) is 0.